The minimum atomic E-state index is -1.01. The first kappa shape index (κ1) is 31.5. The maximum Gasteiger partial charge on any atom is 0.338 e. The molecule has 0 fully saturated rings. The van der Waals surface area contributed by atoms with Crippen LogP contribution in [-0.2, 0) is 16.1 Å². The van der Waals surface area contributed by atoms with Crippen molar-refractivity contribution in [3.8, 4) is 11.5 Å². The molecule has 0 amide bonds. The van der Waals surface area contributed by atoms with Crippen LogP contribution in [0, 0.1) is 0 Å². The highest BCUT2D eigenvalue weighted by Crippen LogP contribution is 2.32. The summed E-state index contributed by atoms with van der Waals surface area (Å²) in [6.45, 7) is 8.09. The lowest BCUT2D eigenvalue weighted by Crippen LogP contribution is -2.39. The summed E-state index contributed by atoms with van der Waals surface area (Å²) in [4.78, 5) is 43.6. The molecular formula is C35H34N2O7S. The smallest absolute Gasteiger partial charge is 0.338 e. The van der Waals surface area contributed by atoms with Crippen LogP contribution in [0.3, 0.4) is 0 Å². The Morgan fingerprint density at radius 2 is 1.82 bits per heavy atom. The SMILES string of the molecule is CCOC(=O)C1=C(C)N=c2s/c(=C\c3ccc(OCc4cccc(C(=O)O)c4)c(OC)c3)c(=O)n2[C@H]1c1ccc(C(C)C)cc1. The number of carboxylic acids is 1. The zero-order valence-electron chi connectivity index (χ0n) is 25.7. The van der Waals surface area contributed by atoms with Crippen LogP contribution in [0.4, 0.5) is 0 Å². The minimum absolute atomic E-state index is 0.149. The number of aromatic nitrogens is 1. The number of allylic oxidation sites excluding steroid dienone is 1. The van der Waals surface area contributed by atoms with Crippen molar-refractivity contribution >= 4 is 29.4 Å². The second-order valence-corrected chi connectivity index (χ2v) is 11.8. The van der Waals surface area contributed by atoms with Gasteiger partial charge in [-0.2, -0.15) is 0 Å². The van der Waals surface area contributed by atoms with Crippen molar-refractivity contribution in [3.05, 3.63) is 126 Å². The fourth-order valence-electron chi connectivity index (χ4n) is 5.17. The summed E-state index contributed by atoms with van der Waals surface area (Å²) in [5, 5.41) is 9.26. The minimum Gasteiger partial charge on any atom is -0.493 e. The molecule has 0 bridgehead atoms. The number of hydrogen-bond acceptors (Lipinski definition) is 8. The molecule has 1 aliphatic rings. The average molecular weight is 627 g/mol. The molecule has 5 rings (SSSR count). The number of methoxy groups -OCH3 is 1. The van der Waals surface area contributed by atoms with E-state index in [4.69, 9.17) is 14.2 Å². The summed E-state index contributed by atoms with van der Waals surface area (Å²) in [6.07, 6.45) is 1.76. The van der Waals surface area contributed by atoms with Crippen LogP contribution in [0.25, 0.3) is 6.08 Å². The summed E-state index contributed by atoms with van der Waals surface area (Å²) in [5.74, 6) is -0.252. The molecule has 4 aromatic rings. The lowest BCUT2D eigenvalue weighted by atomic mass is 9.93. The van der Waals surface area contributed by atoms with Crippen LogP contribution < -0.4 is 24.4 Å². The predicted molar refractivity (Wildman–Crippen MR) is 172 cm³/mol. The molecule has 232 valence electrons. The normalized spacial score (nSPS) is 14.6. The maximum atomic E-state index is 14.0. The molecular weight excluding hydrogens is 592 g/mol. The van der Waals surface area contributed by atoms with Crippen molar-refractivity contribution in [2.75, 3.05) is 13.7 Å². The lowest BCUT2D eigenvalue weighted by Gasteiger charge is -2.25. The van der Waals surface area contributed by atoms with Crippen molar-refractivity contribution in [2.45, 2.75) is 46.3 Å². The number of hydrogen-bond donors (Lipinski definition) is 1. The molecule has 9 nitrogen and oxygen atoms in total. The quantitative estimate of drug-likeness (QED) is 0.240. The summed E-state index contributed by atoms with van der Waals surface area (Å²) in [5.41, 5.74) is 4.11. The van der Waals surface area contributed by atoms with Crippen molar-refractivity contribution < 1.29 is 28.9 Å². The molecule has 0 saturated carbocycles. The highest BCUT2D eigenvalue weighted by Gasteiger charge is 2.33. The Labute approximate surface area is 264 Å². The van der Waals surface area contributed by atoms with Gasteiger partial charge in [-0.3, -0.25) is 9.36 Å². The van der Waals surface area contributed by atoms with E-state index < -0.39 is 18.0 Å². The molecule has 10 heteroatoms. The predicted octanol–water partition coefficient (Wildman–Crippen LogP) is 5.21. The van der Waals surface area contributed by atoms with Gasteiger partial charge in [0.25, 0.3) is 5.56 Å². The van der Waals surface area contributed by atoms with E-state index in [1.165, 1.54) is 24.5 Å². The number of carbonyl (C=O) groups is 2. The van der Waals surface area contributed by atoms with Crippen LogP contribution in [0.1, 0.15) is 72.3 Å². The molecule has 3 aromatic carbocycles. The number of aromatic carboxylic acids is 1. The standard InChI is InChI=1S/C35H34N2O7S/c1-6-43-34(41)30-21(4)36-35-37(31(30)25-13-11-24(12-14-25)20(2)3)32(38)29(45-35)18-22-10-15-27(28(17-22)42-5)44-19-23-8-7-9-26(16-23)33(39)40/h7-18,20,31H,6,19H2,1-5H3,(H,39,40)/b29-18-/t31-/m0/s1. The number of ether oxygens (including phenoxy) is 3. The Morgan fingerprint density at radius 1 is 1.07 bits per heavy atom. The Bertz CT molecular complexity index is 1970. The molecule has 1 aliphatic heterocycles. The van der Waals surface area contributed by atoms with E-state index in [1.807, 2.05) is 24.3 Å². The van der Waals surface area contributed by atoms with Crippen LogP contribution in [0.5, 0.6) is 11.5 Å². The number of rotatable bonds is 10. The number of nitrogens with zero attached hydrogens (tertiary/aromatic N) is 2. The van der Waals surface area contributed by atoms with Crippen LogP contribution in [0.15, 0.2) is 87.8 Å². The summed E-state index contributed by atoms with van der Waals surface area (Å²) in [6, 6.07) is 19.1. The molecule has 1 N–H and O–H groups in total. The molecule has 0 aliphatic carbocycles. The molecule has 0 unspecified atom stereocenters. The van der Waals surface area contributed by atoms with Gasteiger partial charge in [-0.05, 0) is 72.4 Å². The fraction of sp³-hybridized carbons (Fsp3) is 0.257. The van der Waals surface area contributed by atoms with E-state index in [0.717, 1.165) is 11.1 Å². The number of carbonyl (C=O) groups excluding carboxylic acids is 1. The molecule has 45 heavy (non-hydrogen) atoms. The van der Waals surface area contributed by atoms with Gasteiger partial charge >= 0.3 is 11.9 Å². The number of benzene rings is 3. The van der Waals surface area contributed by atoms with Gasteiger partial charge in [0, 0.05) is 0 Å². The third-order valence-corrected chi connectivity index (χ3v) is 8.47. The zero-order valence-corrected chi connectivity index (χ0v) is 26.5. The number of carboxylic acid groups (broad SMARTS) is 1. The zero-order chi connectivity index (χ0) is 32.2. The van der Waals surface area contributed by atoms with Crippen LogP contribution in [-0.4, -0.2) is 35.3 Å². The number of esters is 1. The van der Waals surface area contributed by atoms with Gasteiger partial charge in [-0.25, -0.2) is 14.6 Å². The van der Waals surface area contributed by atoms with Gasteiger partial charge in [0.15, 0.2) is 16.3 Å². The maximum absolute atomic E-state index is 14.0. The second kappa shape index (κ2) is 13.4. The van der Waals surface area contributed by atoms with Crippen LogP contribution >= 0.6 is 11.3 Å². The van der Waals surface area contributed by atoms with Gasteiger partial charge < -0.3 is 19.3 Å². The van der Waals surface area contributed by atoms with E-state index >= 15 is 0 Å². The van der Waals surface area contributed by atoms with Gasteiger partial charge in [0.1, 0.15) is 6.61 Å². The largest absolute Gasteiger partial charge is 0.493 e. The lowest BCUT2D eigenvalue weighted by molar-refractivity contribution is -0.139. The monoisotopic (exact) mass is 626 g/mol. The fourth-order valence-corrected chi connectivity index (χ4v) is 6.22. The van der Waals surface area contributed by atoms with Gasteiger partial charge in [0.2, 0.25) is 0 Å². The third kappa shape index (κ3) is 6.61. The molecule has 1 aromatic heterocycles. The van der Waals surface area contributed by atoms with Crippen molar-refractivity contribution in [2.24, 2.45) is 4.99 Å². The molecule has 0 radical (unpaired) electrons. The second-order valence-electron chi connectivity index (χ2n) is 10.8. The average Bonchev–Trinajstić information content (AvgIpc) is 3.33. The highest BCUT2D eigenvalue weighted by atomic mass is 32.1. The summed E-state index contributed by atoms with van der Waals surface area (Å²) < 4.78 is 18.9. The molecule has 1 atom stereocenters. The summed E-state index contributed by atoms with van der Waals surface area (Å²) >= 11 is 1.24. The first-order chi connectivity index (χ1) is 21.6. The van der Waals surface area contributed by atoms with E-state index in [1.54, 1.807) is 60.9 Å². The molecule has 0 spiro atoms. The van der Waals surface area contributed by atoms with Gasteiger partial charge in [0.05, 0.1) is 41.1 Å². The topological polar surface area (TPSA) is 116 Å². The Morgan fingerprint density at radius 3 is 2.49 bits per heavy atom. The Kier molecular flexibility index (Phi) is 9.34. The Balaban J connectivity index is 1.52. The van der Waals surface area contributed by atoms with Crippen molar-refractivity contribution in [1.29, 1.82) is 0 Å². The van der Waals surface area contributed by atoms with Crippen molar-refractivity contribution in [3.63, 3.8) is 0 Å². The third-order valence-electron chi connectivity index (χ3n) is 7.49. The van der Waals surface area contributed by atoms with Crippen molar-refractivity contribution in [1.82, 2.24) is 4.57 Å². The van der Waals surface area contributed by atoms with E-state index in [9.17, 15) is 19.5 Å². The highest BCUT2D eigenvalue weighted by molar-refractivity contribution is 7.07. The molecule has 2 heterocycles. The van der Waals surface area contributed by atoms with Crippen LogP contribution in [0.2, 0.25) is 0 Å². The first-order valence-electron chi connectivity index (χ1n) is 14.5. The van der Waals surface area contributed by atoms with E-state index in [-0.39, 0.29) is 24.3 Å². The van der Waals surface area contributed by atoms with E-state index in [0.29, 0.717) is 49.1 Å². The number of fused-ring (bicyclic) bond motifs is 1. The first-order valence-corrected chi connectivity index (χ1v) is 15.4. The van der Waals surface area contributed by atoms with E-state index in [2.05, 4.69) is 18.8 Å². The van der Waals surface area contributed by atoms with Gasteiger partial charge in [-0.1, -0.05) is 67.6 Å². The molecule has 0 saturated heterocycles. The Hall–Kier alpha value is -4.96. The van der Waals surface area contributed by atoms with Gasteiger partial charge in [-0.15, -0.1) is 0 Å². The number of thiazole rings is 1. The summed E-state index contributed by atoms with van der Waals surface area (Å²) in [7, 11) is 1.52.